The van der Waals surface area contributed by atoms with Gasteiger partial charge in [0.15, 0.2) is 0 Å². The fourth-order valence-electron chi connectivity index (χ4n) is 3.59. The molecule has 4 nitrogen and oxygen atoms in total. The van der Waals surface area contributed by atoms with Crippen LogP contribution in [-0.4, -0.2) is 27.4 Å². The van der Waals surface area contributed by atoms with Crippen LogP contribution >= 0.6 is 0 Å². The zero-order valence-corrected chi connectivity index (χ0v) is 15.8. The molecular weight excluding hydrogens is 322 g/mol. The van der Waals surface area contributed by atoms with Gasteiger partial charge in [0.1, 0.15) is 0 Å². The second-order valence-corrected chi connectivity index (χ2v) is 6.58. The first-order valence-electron chi connectivity index (χ1n) is 8.96. The number of hydrogen-bond acceptors (Lipinski definition) is 2. The maximum Gasteiger partial charge on any atom is 0.255 e. The lowest BCUT2D eigenvalue weighted by Crippen LogP contribution is -2.31. The molecule has 0 radical (unpaired) electrons. The zero-order valence-electron chi connectivity index (χ0n) is 15.8. The summed E-state index contributed by atoms with van der Waals surface area (Å²) in [4.78, 5) is 19.3. The molecule has 0 aliphatic carbocycles. The Morgan fingerprint density at radius 3 is 2.50 bits per heavy atom. The van der Waals surface area contributed by atoms with Crippen LogP contribution in [0.2, 0.25) is 0 Å². The molecule has 3 rings (SSSR count). The molecule has 0 bridgehead atoms. The number of carbonyl (C=O) groups is 1. The highest BCUT2D eigenvalue weighted by Gasteiger charge is 2.25. The summed E-state index contributed by atoms with van der Waals surface area (Å²) in [5, 5.41) is 0. The maximum absolute atomic E-state index is 13.2. The van der Waals surface area contributed by atoms with Crippen LogP contribution in [-0.2, 0) is 0 Å². The first kappa shape index (κ1) is 17.9. The summed E-state index contributed by atoms with van der Waals surface area (Å²) < 4.78 is 2.13. The van der Waals surface area contributed by atoms with Gasteiger partial charge in [0.05, 0.1) is 11.6 Å². The molecule has 0 aliphatic heterocycles. The van der Waals surface area contributed by atoms with Crippen molar-refractivity contribution < 1.29 is 4.79 Å². The number of hydrogen-bond donors (Lipinski definition) is 0. The summed E-state index contributed by atoms with van der Waals surface area (Å²) in [5.41, 5.74) is 4.90. The van der Waals surface area contributed by atoms with Crippen LogP contribution in [0.25, 0.3) is 5.69 Å². The van der Waals surface area contributed by atoms with E-state index in [1.165, 1.54) is 0 Å². The molecule has 2 aromatic heterocycles. The van der Waals surface area contributed by atoms with Crippen LogP contribution in [0.5, 0.6) is 0 Å². The minimum Gasteiger partial charge on any atom is -0.335 e. The molecule has 4 heteroatoms. The number of amides is 1. The Balaban J connectivity index is 1.95. The first-order valence-corrected chi connectivity index (χ1v) is 8.96. The average Bonchev–Trinajstić information content (AvgIpc) is 2.97. The molecule has 1 amide bonds. The highest BCUT2D eigenvalue weighted by molar-refractivity contribution is 5.96. The molecular formula is C22H25N3O. The lowest BCUT2D eigenvalue weighted by molar-refractivity contribution is 0.0725. The Labute approximate surface area is 155 Å². The fraction of sp³-hybridized carbons (Fsp3) is 0.273. The molecule has 1 atom stereocenters. The van der Waals surface area contributed by atoms with Crippen molar-refractivity contribution in [2.24, 2.45) is 0 Å². The van der Waals surface area contributed by atoms with E-state index in [1.54, 1.807) is 6.20 Å². The van der Waals surface area contributed by atoms with E-state index in [0.29, 0.717) is 0 Å². The number of carbonyl (C=O) groups excluding carboxylic acids is 1. The Bertz CT molecular complexity index is 885. The van der Waals surface area contributed by atoms with E-state index in [0.717, 1.165) is 34.6 Å². The van der Waals surface area contributed by atoms with E-state index in [9.17, 15) is 4.79 Å². The average molecular weight is 347 g/mol. The summed E-state index contributed by atoms with van der Waals surface area (Å²) in [5.74, 6) is 0.0379. The molecule has 0 unspecified atom stereocenters. The molecule has 134 valence electrons. The molecule has 0 spiro atoms. The predicted molar refractivity (Wildman–Crippen MR) is 105 cm³/mol. The molecule has 0 saturated heterocycles. The minimum absolute atomic E-state index is 0.0102. The van der Waals surface area contributed by atoms with Gasteiger partial charge in [0.2, 0.25) is 0 Å². The maximum atomic E-state index is 13.2. The highest BCUT2D eigenvalue weighted by Crippen LogP contribution is 2.27. The topological polar surface area (TPSA) is 38.1 Å². The largest absolute Gasteiger partial charge is 0.335 e. The number of nitrogens with zero attached hydrogens (tertiary/aromatic N) is 3. The minimum atomic E-state index is 0.0102. The number of aryl methyl sites for hydroxylation is 1. The quantitative estimate of drug-likeness (QED) is 0.670. The van der Waals surface area contributed by atoms with Gasteiger partial charge in [-0.3, -0.25) is 9.78 Å². The Hall–Kier alpha value is -2.88. The zero-order chi connectivity index (χ0) is 18.7. The van der Waals surface area contributed by atoms with Gasteiger partial charge in [0.25, 0.3) is 5.91 Å². The third-order valence-corrected chi connectivity index (χ3v) is 4.92. The van der Waals surface area contributed by atoms with Crippen LogP contribution in [0.3, 0.4) is 0 Å². The van der Waals surface area contributed by atoms with Gasteiger partial charge < -0.3 is 9.47 Å². The van der Waals surface area contributed by atoms with Gasteiger partial charge in [-0.15, -0.1) is 0 Å². The number of aromatic nitrogens is 2. The molecule has 26 heavy (non-hydrogen) atoms. The second kappa shape index (κ2) is 7.56. The van der Waals surface area contributed by atoms with E-state index >= 15 is 0 Å². The summed E-state index contributed by atoms with van der Waals surface area (Å²) in [6.45, 7) is 6.13. The van der Waals surface area contributed by atoms with Crippen molar-refractivity contribution in [1.29, 1.82) is 0 Å². The lowest BCUT2D eigenvalue weighted by Gasteiger charge is -2.27. The van der Waals surface area contributed by atoms with Gasteiger partial charge in [0, 0.05) is 36.5 Å². The van der Waals surface area contributed by atoms with Crippen molar-refractivity contribution in [2.75, 3.05) is 7.05 Å². The number of pyridine rings is 1. The van der Waals surface area contributed by atoms with Gasteiger partial charge in [-0.05, 0) is 50.1 Å². The first-order chi connectivity index (χ1) is 12.5. The molecule has 1 aromatic carbocycles. The molecule has 0 fully saturated rings. The Kier molecular flexibility index (Phi) is 5.21. The van der Waals surface area contributed by atoms with Crippen LogP contribution in [0, 0.1) is 13.8 Å². The standard InChI is InChI=1S/C22H25N3O/c1-5-21(18-10-9-13-23-15-18)24(4)22(26)20-14-16(2)25(17(20)3)19-11-7-6-8-12-19/h6-15,21H,5H2,1-4H3/t21-/m0/s1. The molecule has 3 aromatic rings. The third kappa shape index (κ3) is 3.27. The van der Waals surface area contributed by atoms with Crippen LogP contribution in [0.1, 0.15) is 46.7 Å². The Morgan fingerprint density at radius 2 is 1.88 bits per heavy atom. The SMILES string of the molecule is CC[C@@H](c1cccnc1)N(C)C(=O)c1cc(C)n(-c2ccccc2)c1C. The van der Waals surface area contributed by atoms with Crippen molar-refractivity contribution in [3.63, 3.8) is 0 Å². The summed E-state index contributed by atoms with van der Waals surface area (Å²) in [6, 6.07) is 16.1. The van der Waals surface area contributed by atoms with Crippen LogP contribution in [0.15, 0.2) is 60.9 Å². The normalized spacial score (nSPS) is 12.0. The number of para-hydroxylation sites is 1. The summed E-state index contributed by atoms with van der Waals surface area (Å²) in [7, 11) is 1.87. The smallest absolute Gasteiger partial charge is 0.255 e. The van der Waals surface area contributed by atoms with Crippen LogP contribution in [0.4, 0.5) is 0 Å². The summed E-state index contributed by atoms with van der Waals surface area (Å²) in [6.07, 6.45) is 4.43. The Morgan fingerprint density at radius 1 is 1.15 bits per heavy atom. The van der Waals surface area contributed by atoms with Gasteiger partial charge in [-0.2, -0.15) is 0 Å². The van der Waals surface area contributed by atoms with Gasteiger partial charge >= 0.3 is 0 Å². The van der Waals surface area contributed by atoms with E-state index in [2.05, 4.69) is 28.6 Å². The van der Waals surface area contributed by atoms with Crippen molar-refractivity contribution in [3.05, 3.63) is 83.4 Å². The van der Waals surface area contributed by atoms with Crippen molar-refractivity contribution in [2.45, 2.75) is 33.2 Å². The van der Waals surface area contributed by atoms with Crippen molar-refractivity contribution in [1.82, 2.24) is 14.5 Å². The van der Waals surface area contributed by atoms with E-state index in [4.69, 9.17) is 0 Å². The molecule has 2 heterocycles. The fourth-order valence-corrected chi connectivity index (χ4v) is 3.59. The van der Waals surface area contributed by atoms with Crippen LogP contribution < -0.4 is 0 Å². The van der Waals surface area contributed by atoms with Gasteiger partial charge in [-0.1, -0.05) is 31.2 Å². The lowest BCUT2D eigenvalue weighted by atomic mass is 10.0. The van der Waals surface area contributed by atoms with Crippen molar-refractivity contribution in [3.8, 4) is 5.69 Å². The predicted octanol–water partition coefficient (Wildman–Crippen LogP) is 4.71. The second-order valence-electron chi connectivity index (χ2n) is 6.58. The van der Waals surface area contributed by atoms with E-state index in [1.807, 2.05) is 68.4 Å². The van der Waals surface area contributed by atoms with Crippen molar-refractivity contribution >= 4 is 5.91 Å². The number of rotatable bonds is 5. The number of benzene rings is 1. The highest BCUT2D eigenvalue weighted by atomic mass is 16.2. The molecule has 0 aliphatic rings. The van der Waals surface area contributed by atoms with E-state index < -0.39 is 0 Å². The van der Waals surface area contributed by atoms with Gasteiger partial charge in [-0.25, -0.2) is 0 Å². The third-order valence-electron chi connectivity index (χ3n) is 4.92. The summed E-state index contributed by atoms with van der Waals surface area (Å²) >= 11 is 0. The van der Waals surface area contributed by atoms with E-state index in [-0.39, 0.29) is 11.9 Å². The molecule has 0 N–H and O–H groups in total. The monoisotopic (exact) mass is 347 g/mol. The molecule has 0 saturated carbocycles.